The Bertz CT molecular complexity index is 685. The van der Waals surface area contributed by atoms with Crippen LogP contribution in [0.2, 0.25) is 0 Å². The van der Waals surface area contributed by atoms with Crippen molar-refractivity contribution in [3.63, 3.8) is 0 Å². The number of phenolic OH excluding ortho intramolecular Hbond substituents is 1. The van der Waals surface area contributed by atoms with Crippen LogP contribution in [0.4, 0.5) is 0 Å². The molecule has 3 heteroatoms. The third-order valence-corrected chi connectivity index (χ3v) is 3.46. The summed E-state index contributed by atoms with van der Waals surface area (Å²) in [7, 11) is 1.66. The Kier molecular flexibility index (Phi) is 6.53. The molecule has 0 radical (unpaired) electrons. The van der Waals surface area contributed by atoms with E-state index in [-0.39, 0.29) is 0 Å². The molecule has 2 rings (SSSR count). The molecule has 0 bridgehead atoms. The van der Waals surface area contributed by atoms with Crippen LogP contribution < -0.4 is 4.74 Å². The van der Waals surface area contributed by atoms with Gasteiger partial charge in [0.05, 0.1) is 13.7 Å². The number of hydrogen-bond donors (Lipinski definition) is 1. The van der Waals surface area contributed by atoms with Gasteiger partial charge < -0.3 is 9.84 Å². The summed E-state index contributed by atoms with van der Waals surface area (Å²) in [5.41, 5.74) is 2.06. The lowest BCUT2D eigenvalue weighted by molar-refractivity contribution is 0.299. The fourth-order valence-corrected chi connectivity index (χ4v) is 2.40. The summed E-state index contributed by atoms with van der Waals surface area (Å²) in [5.74, 6) is 7.54. The van der Waals surface area contributed by atoms with Gasteiger partial charge in [0.25, 0.3) is 0 Å². The Hall–Kier alpha value is -2.44. The van der Waals surface area contributed by atoms with E-state index in [1.54, 1.807) is 19.2 Å². The number of aromatic hydroxyl groups is 1. The van der Waals surface area contributed by atoms with Crippen molar-refractivity contribution in [2.75, 3.05) is 20.2 Å². The standard InChI is InChI=1S/C20H23NO2/c1-3-12-21(16-18-8-4-10-19(22)14-18)13-6-9-17-7-5-11-20(15-17)23-2/h4-5,7-8,10-11,14-15,22H,3,12-13,16H2,1-2H3. The molecule has 0 aromatic heterocycles. The van der Waals surface area contributed by atoms with Crippen LogP contribution in [0, 0.1) is 11.8 Å². The largest absolute Gasteiger partial charge is 0.508 e. The number of ether oxygens (including phenoxy) is 1. The molecule has 0 heterocycles. The second-order valence-corrected chi connectivity index (χ2v) is 5.41. The summed E-state index contributed by atoms with van der Waals surface area (Å²) in [6.07, 6.45) is 1.07. The van der Waals surface area contributed by atoms with Crippen LogP contribution in [0.15, 0.2) is 48.5 Å². The molecule has 0 saturated carbocycles. The topological polar surface area (TPSA) is 32.7 Å². The maximum absolute atomic E-state index is 9.57. The van der Waals surface area contributed by atoms with Gasteiger partial charge in [0.1, 0.15) is 11.5 Å². The van der Waals surface area contributed by atoms with Crippen molar-refractivity contribution >= 4 is 0 Å². The first-order valence-corrected chi connectivity index (χ1v) is 7.84. The van der Waals surface area contributed by atoms with Gasteiger partial charge in [0.2, 0.25) is 0 Å². The van der Waals surface area contributed by atoms with E-state index in [0.717, 1.165) is 36.4 Å². The van der Waals surface area contributed by atoms with E-state index in [1.807, 2.05) is 36.4 Å². The van der Waals surface area contributed by atoms with Crippen molar-refractivity contribution in [3.8, 4) is 23.3 Å². The Morgan fingerprint density at radius 3 is 2.70 bits per heavy atom. The fourth-order valence-electron chi connectivity index (χ4n) is 2.40. The molecule has 0 atom stereocenters. The van der Waals surface area contributed by atoms with Gasteiger partial charge in [-0.1, -0.05) is 37.0 Å². The lowest BCUT2D eigenvalue weighted by Gasteiger charge is -2.19. The molecule has 1 N–H and O–H groups in total. The Balaban J connectivity index is 2.01. The highest BCUT2D eigenvalue weighted by atomic mass is 16.5. The molecule has 0 unspecified atom stereocenters. The molecule has 0 spiro atoms. The number of benzene rings is 2. The number of nitrogens with zero attached hydrogens (tertiary/aromatic N) is 1. The zero-order chi connectivity index (χ0) is 16.5. The molecule has 0 amide bonds. The minimum Gasteiger partial charge on any atom is -0.508 e. The summed E-state index contributed by atoms with van der Waals surface area (Å²) in [4.78, 5) is 2.28. The predicted octanol–water partition coefficient (Wildman–Crippen LogP) is 3.66. The molecule has 0 aliphatic carbocycles. The smallest absolute Gasteiger partial charge is 0.120 e. The summed E-state index contributed by atoms with van der Waals surface area (Å²) in [5, 5.41) is 9.57. The van der Waals surface area contributed by atoms with Crippen molar-refractivity contribution in [3.05, 3.63) is 59.7 Å². The molecule has 0 aliphatic heterocycles. The summed E-state index contributed by atoms with van der Waals surface area (Å²) < 4.78 is 5.21. The van der Waals surface area contributed by atoms with Crippen molar-refractivity contribution < 1.29 is 9.84 Å². The predicted molar refractivity (Wildman–Crippen MR) is 93.5 cm³/mol. The minimum atomic E-state index is 0.307. The average molecular weight is 309 g/mol. The fraction of sp³-hybridized carbons (Fsp3) is 0.300. The molecule has 23 heavy (non-hydrogen) atoms. The molecule has 3 nitrogen and oxygen atoms in total. The van der Waals surface area contributed by atoms with Gasteiger partial charge in [-0.15, -0.1) is 0 Å². The van der Waals surface area contributed by atoms with E-state index >= 15 is 0 Å². The van der Waals surface area contributed by atoms with Gasteiger partial charge in [-0.3, -0.25) is 4.90 Å². The van der Waals surface area contributed by atoms with Gasteiger partial charge in [-0.25, -0.2) is 0 Å². The number of hydrogen-bond acceptors (Lipinski definition) is 3. The Morgan fingerprint density at radius 2 is 1.96 bits per heavy atom. The Morgan fingerprint density at radius 1 is 1.13 bits per heavy atom. The van der Waals surface area contributed by atoms with Crippen LogP contribution >= 0.6 is 0 Å². The van der Waals surface area contributed by atoms with Gasteiger partial charge in [-0.05, 0) is 48.9 Å². The average Bonchev–Trinajstić information content (AvgIpc) is 2.55. The lowest BCUT2D eigenvalue weighted by atomic mass is 10.2. The van der Waals surface area contributed by atoms with Gasteiger partial charge in [0.15, 0.2) is 0 Å². The minimum absolute atomic E-state index is 0.307. The van der Waals surface area contributed by atoms with E-state index in [1.165, 1.54) is 0 Å². The van der Waals surface area contributed by atoms with Crippen molar-refractivity contribution in [2.45, 2.75) is 19.9 Å². The molecule has 2 aromatic carbocycles. The highest BCUT2D eigenvalue weighted by Gasteiger charge is 2.04. The highest BCUT2D eigenvalue weighted by molar-refractivity contribution is 5.39. The summed E-state index contributed by atoms with van der Waals surface area (Å²) >= 11 is 0. The van der Waals surface area contributed by atoms with E-state index in [9.17, 15) is 5.11 Å². The zero-order valence-corrected chi connectivity index (χ0v) is 13.7. The first-order chi connectivity index (χ1) is 11.2. The van der Waals surface area contributed by atoms with Crippen molar-refractivity contribution in [2.24, 2.45) is 0 Å². The molecule has 0 saturated heterocycles. The molecular formula is C20H23NO2. The van der Waals surface area contributed by atoms with Gasteiger partial charge in [-0.2, -0.15) is 0 Å². The number of methoxy groups -OCH3 is 1. The van der Waals surface area contributed by atoms with E-state index in [4.69, 9.17) is 4.74 Å². The second-order valence-electron chi connectivity index (χ2n) is 5.41. The molecule has 0 aliphatic rings. The third-order valence-electron chi connectivity index (χ3n) is 3.46. The maximum Gasteiger partial charge on any atom is 0.120 e. The SMILES string of the molecule is CCCN(CC#Cc1cccc(OC)c1)Cc1cccc(O)c1. The molecule has 0 fully saturated rings. The number of rotatable bonds is 6. The van der Waals surface area contributed by atoms with Crippen LogP contribution in [0.5, 0.6) is 11.5 Å². The summed E-state index contributed by atoms with van der Waals surface area (Å²) in [6, 6.07) is 15.2. The molecule has 120 valence electrons. The van der Waals surface area contributed by atoms with Crippen LogP contribution in [0.3, 0.4) is 0 Å². The monoisotopic (exact) mass is 309 g/mol. The van der Waals surface area contributed by atoms with E-state index in [0.29, 0.717) is 12.3 Å². The second kappa shape index (κ2) is 8.87. The summed E-state index contributed by atoms with van der Waals surface area (Å²) in [6.45, 7) is 4.61. The quantitative estimate of drug-likeness (QED) is 0.827. The molecule has 2 aromatic rings. The molecular weight excluding hydrogens is 286 g/mol. The first-order valence-electron chi connectivity index (χ1n) is 7.84. The maximum atomic E-state index is 9.57. The van der Waals surface area contributed by atoms with Gasteiger partial charge in [0, 0.05) is 12.1 Å². The van der Waals surface area contributed by atoms with Crippen molar-refractivity contribution in [1.29, 1.82) is 0 Å². The van der Waals surface area contributed by atoms with Crippen LogP contribution in [0.1, 0.15) is 24.5 Å². The first kappa shape index (κ1) is 16.9. The van der Waals surface area contributed by atoms with E-state index in [2.05, 4.69) is 23.7 Å². The van der Waals surface area contributed by atoms with Crippen molar-refractivity contribution in [1.82, 2.24) is 4.90 Å². The normalized spacial score (nSPS) is 10.2. The number of phenols is 1. The van der Waals surface area contributed by atoms with Crippen LogP contribution in [-0.2, 0) is 6.54 Å². The van der Waals surface area contributed by atoms with E-state index < -0.39 is 0 Å². The zero-order valence-electron chi connectivity index (χ0n) is 13.7. The van der Waals surface area contributed by atoms with Crippen LogP contribution in [0.25, 0.3) is 0 Å². The lowest BCUT2D eigenvalue weighted by Crippen LogP contribution is -2.24. The highest BCUT2D eigenvalue weighted by Crippen LogP contribution is 2.13. The Labute approximate surface area is 138 Å². The van der Waals surface area contributed by atoms with Gasteiger partial charge >= 0.3 is 0 Å². The van der Waals surface area contributed by atoms with Crippen LogP contribution in [-0.4, -0.2) is 30.2 Å². The third kappa shape index (κ3) is 5.69.